The maximum absolute atomic E-state index is 12.1. The summed E-state index contributed by atoms with van der Waals surface area (Å²) in [7, 11) is -3.55. The molecule has 0 spiro atoms. The minimum Gasteiger partial charge on any atom is -0.382 e. The Morgan fingerprint density at radius 3 is 2.71 bits per heavy atom. The summed E-state index contributed by atoms with van der Waals surface area (Å²) < 4.78 is 37.3. The molecule has 1 atom stereocenters. The van der Waals surface area contributed by atoms with Crippen molar-refractivity contribution >= 4 is 21.6 Å². The van der Waals surface area contributed by atoms with Crippen LogP contribution in [0.4, 0.5) is 5.69 Å². The zero-order chi connectivity index (χ0) is 17.4. The molecule has 7 nitrogen and oxygen atoms in total. The van der Waals surface area contributed by atoms with Crippen LogP contribution in [0.1, 0.15) is 26.2 Å². The van der Waals surface area contributed by atoms with Crippen LogP contribution in [0.5, 0.6) is 0 Å². The summed E-state index contributed by atoms with van der Waals surface area (Å²) in [4.78, 5) is 12.1. The van der Waals surface area contributed by atoms with Crippen LogP contribution in [0.2, 0.25) is 0 Å². The lowest BCUT2D eigenvalue weighted by atomic mass is 10.2. The highest BCUT2D eigenvalue weighted by Gasteiger charge is 2.23. The van der Waals surface area contributed by atoms with Gasteiger partial charge >= 0.3 is 0 Å². The molecule has 1 aliphatic heterocycles. The Kier molecular flexibility index (Phi) is 7.16. The smallest absolute Gasteiger partial charge is 0.253 e. The van der Waals surface area contributed by atoms with Crippen LogP contribution in [-0.4, -0.2) is 46.8 Å². The number of benzene rings is 1. The zero-order valence-corrected chi connectivity index (χ0v) is 14.6. The van der Waals surface area contributed by atoms with E-state index in [0.717, 1.165) is 6.42 Å². The van der Waals surface area contributed by atoms with Gasteiger partial charge in [0.2, 0.25) is 10.0 Å². The number of anilines is 1. The fourth-order valence-electron chi connectivity index (χ4n) is 2.33. The fraction of sp³-hybridized carbons (Fsp3) is 0.562. The molecule has 2 rings (SSSR count). The summed E-state index contributed by atoms with van der Waals surface area (Å²) in [6, 6.07) is 6.08. The van der Waals surface area contributed by atoms with Crippen molar-refractivity contribution in [2.75, 3.05) is 31.7 Å². The molecular weight excluding hydrogens is 332 g/mol. The highest BCUT2D eigenvalue weighted by Crippen LogP contribution is 2.17. The van der Waals surface area contributed by atoms with Crippen molar-refractivity contribution in [2.24, 2.45) is 0 Å². The molecule has 0 aromatic heterocycles. The van der Waals surface area contributed by atoms with Crippen LogP contribution in [0, 0.1) is 0 Å². The number of ether oxygens (including phenoxy) is 2. The van der Waals surface area contributed by atoms with Crippen molar-refractivity contribution in [1.29, 1.82) is 0 Å². The standard InChI is InChI=1S/C16H24N2O5S/c1-2-22-11-4-10-17-24(20,21)14-8-6-13(7-9-14)18-16(19)15-5-3-12-23-15/h6-9,15,17H,2-5,10-12H2,1H3,(H,18,19)/t15-/m0/s1. The topological polar surface area (TPSA) is 93.7 Å². The first-order valence-electron chi connectivity index (χ1n) is 8.13. The van der Waals surface area contributed by atoms with Crippen LogP contribution in [0.15, 0.2) is 29.2 Å². The molecule has 1 aromatic carbocycles. The van der Waals surface area contributed by atoms with Crippen molar-refractivity contribution in [1.82, 2.24) is 4.72 Å². The molecule has 0 bridgehead atoms. The third kappa shape index (κ3) is 5.55. The van der Waals surface area contributed by atoms with Gasteiger partial charge in [-0.25, -0.2) is 13.1 Å². The van der Waals surface area contributed by atoms with Gasteiger partial charge < -0.3 is 14.8 Å². The summed E-state index contributed by atoms with van der Waals surface area (Å²) in [5.74, 6) is -0.197. The highest BCUT2D eigenvalue weighted by molar-refractivity contribution is 7.89. The van der Waals surface area contributed by atoms with E-state index in [1.54, 1.807) is 12.1 Å². The molecule has 8 heteroatoms. The van der Waals surface area contributed by atoms with E-state index in [-0.39, 0.29) is 10.8 Å². The van der Waals surface area contributed by atoms with Gasteiger partial charge in [-0.3, -0.25) is 4.79 Å². The first kappa shape index (κ1) is 18.9. The summed E-state index contributed by atoms with van der Waals surface area (Å²) in [6.45, 7) is 3.95. The molecule has 1 amide bonds. The van der Waals surface area contributed by atoms with Crippen molar-refractivity contribution in [2.45, 2.75) is 37.2 Å². The minimum atomic E-state index is -3.55. The second-order valence-corrected chi connectivity index (χ2v) is 7.23. The summed E-state index contributed by atoms with van der Waals surface area (Å²) >= 11 is 0. The van der Waals surface area contributed by atoms with E-state index in [0.29, 0.717) is 44.9 Å². The van der Waals surface area contributed by atoms with Crippen molar-refractivity contribution in [3.63, 3.8) is 0 Å². The Balaban J connectivity index is 1.86. The average molecular weight is 356 g/mol. The van der Waals surface area contributed by atoms with Crippen molar-refractivity contribution in [3.05, 3.63) is 24.3 Å². The van der Waals surface area contributed by atoms with E-state index in [2.05, 4.69) is 10.0 Å². The molecule has 1 saturated heterocycles. The summed E-state index contributed by atoms with van der Waals surface area (Å²) in [6.07, 6.45) is 1.79. The van der Waals surface area contributed by atoms with Gasteiger partial charge in [0.05, 0.1) is 4.90 Å². The molecule has 1 fully saturated rings. The first-order valence-corrected chi connectivity index (χ1v) is 9.61. The number of hydrogen-bond donors (Lipinski definition) is 2. The van der Waals surface area contributed by atoms with E-state index in [9.17, 15) is 13.2 Å². The van der Waals surface area contributed by atoms with E-state index in [1.807, 2.05) is 6.92 Å². The summed E-state index contributed by atoms with van der Waals surface area (Å²) in [5, 5.41) is 2.73. The number of hydrogen-bond acceptors (Lipinski definition) is 5. The molecule has 2 N–H and O–H groups in total. The van der Waals surface area contributed by atoms with Gasteiger partial charge in [0.15, 0.2) is 0 Å². The zero-order valence-electron chi connectivity index (χ0n) is 13.8. The predicted octanol–water partition coefficient (Wildman–Crippen LogP) is 1.51. The van der Waals surface area contributed by atoms with Crippen LogP contribution in [0.25, 0.3) is 0 Å². The number of carbonyl (C=O) groups is 1. The molecule has 1 aromatic rings. The molecule has 0 aliphatic carbocycles. The molecule has 0 saturated carbocycles. The Hall–Kier alpha value is -1.48. The fourth-order valence-corrected chi connectivity index (χ4v) is 3.41. The molecule has 134 valence electrons. The molecule has 1 heterocycles. The van der Waals surface area contributed by atoms with Gasteiger partial charge in [-0.1, -0.05) is 0 Å². The lowest BCUT2D eigenvalue weighted by Crippen LogP contribution is -2.27. The van der Waals surface area contributed by atoms with Crippen molar-refractivity contribution < 1.29 is 22.7 Å². The number of sulfonamides is 1. The van der Waals surface area contributed by atoms with Crippen LogP contribution >= 0.6 is 0 Å². The largest absolute Gasteiger partial charge is 0.382 e. The van der Waals surface area contributed by atoms with Gasteiger partial charge in [0.25, 0.3) is 5.91 Å². The third-order valence-corrected chi connectivity index (χ3v) is 5.09. The quantitative estimate of drug-likeness (QED) is 0.654. The van der Waals surface area contributed by atoms with E-state index < -0.39 is 16.1 Å². The van der Waals surface area contributed by atoms with Crippen LogP contribution in [-0.2, 0) is 24.3 Å². The Bertz CT molecular complexity index is 624. The number of rotatable bonds is 9. The lowest BCUT2D eigenvalue weighted by Gasteiger charge is -2.11. The van der Waals surface area contributed by atoms with Crippen LogP contribution in [0.3, 0.4) is 0 Å². The average Bonchev–Trinajstić information content (AvgIpc) is 3.10. The molecule has 24 heavy (non-hydrogen) atoms. The van der Waals surface area contributed by atoms with E-state index in [4.69, 9.17) is 9.47 Å². The second kappa shape index (κ2) is 9.12. The number of amides is 1. The third-order valence-electron chi connectivity index (χ3n) is 3.62. The summed E-state index contributed by atoms with van der Waals surface area (Å²) in [5.41, 5.74) is 0.547. The molecule has 1 aliphatic rings. The maximum atomic E-state index is 12.1. The van der Waals surface area contributed by atoms with Gasteiger partial charge in [0.1, 0.15) is 6.10 Å². The van der Waals surface area contributed by atoms with E-state index >= 15 is 0 Å². The highest BCUT2D eigenvalue weighted by atomic mass is 32.2. The number of nitrogens with one attached hydrogen (secondary N) is 2. The van der Waals surface area contributed by atoms with Crippen molar-refractivity contribution in [3.8, 4) is 0 Å². The van der Waals surface area contributed by atoms with Gasteiger partial charge in [-0.15, -0.1) is 0 Å². The first-order chi connectivity index (χ1) is 11.5. The second-order valence-electron chi connectivity index (χ2n) is 5.46. The molecule has 0 unspecified atom stereocenters. The van der Waals surface area contributed by atoms with Gasteiger partial charge in [-0.05, 0) is 50.5 Å². The maximum Gasteiger partial charge on any atom is 0.253 e. The number of carbonyl (C=O) groups excluding carboxylic acids is 1. The van der Waals surface area contributed by atoms with Gasteiger partial charge in [-0.2, -0.15) is 0 Å². The molecule has 0 radical (unpaired) electrons. The Morgan fingerprint density at radius 1 is 1.33 bits per heavy atom. The Labute approximate surface area is 142 Å². The monoisotopic (exact) mass is 356 g/mol. The van der Waals surface area contributed by atoms with Crippen LogP contribution < -0.4 is 10.0 Å². The SMILES string of the molecule is CCOCCCNS(=O)(=O)c1ccc(NC(=O)[C@@H]2CCCO2)cc1. The Morgan fingerprint density at radius 2 is 2.08 bits per heavy atom. The van der Waals surface area contributed by atoms with E-state index in [1.165, 1.54) is 12.1 Å². The minimum absolute atomic E-state index is 0.161. The molecular formula is C16H24N2O5S. The normalized spacial score (nSPS) is 17.8. The lowest BCUT2D eigenvalue weighted by molar-refractivity contribution is -0.124. The predicted molar refractivity (Wildman–Crippen MR) is 90.3 cm³/mol. The van der Waals surface area contributed by atoms with Gasteiger partial charge in [0, 0.05) is 32.1 Å².